The number of thioether (sulfide) groups is 1. The summed E-state index contributed by atoms with van der Waals surface area (Å²) in [7, 11) is -1.85. The van der Waals surface area contributed by atoms with Crippen LogP contribution in [-0.2, 0) is 4.43 Å². The van der Waals surface area contributed by atoms with Crippen LogP contribution in [0.3, 0.4) is 0 Å². The third-order valence-electron chi connectivity index (χ3n) is 4.32. The first-order valence-corrected chi connectivity index (χ1v) is 11.9. The number of benzene rings is 1. The maximum absolute atomic E-state index is 6.70. The second-order valence-corrected chi connectivity index (χ2v) is 11.5. The molecular formula is C18H24O2SSi. The van der Waals surface area contributed by atoms with Gasteiger partial charge in [-0.15, -0.1) is 0 Å². The molecule has 2 aromatic rings. The Morgan fingerprint density at radius 3 is 2.55 bits per heavy atom. The van der Waals surface area contributed by atoms with Gasteiger partial charge in [-0.05, 0) is 43.3 Å². The van der Waals surface area contributed by atoms with Crippen molar-refractivity contribution in [1.82, 2.24) is 0 Å². The molecule has 1 aliphatic carbocycles. The summed E-state index contributed by atoms with van der Waals surface area (Å²) in [5.41, 5.74) is 0. The van der Waals surface area contributed by atoms with Crippen molar-refractivity contribution < 1.29 is 8.84 Å². The SMILES string of the molecule is C[Si](C)(O[C@@H]1CCCC[C@H]1Sc1ccco1)c1ccccc1. The Morgan fingerprint density at radius 1 is 1.05 bits per heavy atom. The molecule has 1 aromatic carbocycles. The van der Waals surface area contributed by atoms with Crippen LogP contribution in [-0.4, -0.2) is 19.7 Å². The summed E-state index contributed by atoms with van der Waals surface area (Å²) < 4.78 is 12.2. The van der Waals surface area contributed by atoms with Crippen LogP contribution in [0.15, 0.2) is 58.2 Å². The molecule has 4 heteroatoms. The van der Waals surface area contributed by atoms with E-state index in [4.69, 9.17) is 8.84 Å². The van der Waals surface area contributed by atoms with Gasteiger partial charge in [0.15, 0.2) is 5.09 Å². The average Bonchev–Trinajstić information content (AvgIpc) is 3.03. The first kappa shape index (κ1) is 15.9. The van der Waals surface area contributed by atoms with E-state index in [9.17, 15) is 0 Å². The first-order valence-electron chi connectivity index (χ1n) is 8.09. The molecule has 0 N–H and O–H groups in total. The third-order valence-corrected chi connectivity index (χ3v) is 8.24. The lowest BCUT2D eigenvalue weighted by Gasteiger charge is -2.36. The van der Waals surface area contributed by atoms with Gasteiger partial charge in [0.2, 0.25) is 8.32 Å². The number of hydrogen-bond donors (Lipinski definition) is 0. The van der Waals surface area contributed by atoms with E-state index in [1.165, 1.54) is 30.9 Å². The topological polar surface area (TPSA) is 22.4 Å². The summed E-state index contributed by atoms with van der Waals surface area (Å²) in [6, 6.07) is 14.7. The molecule has 2 atom stereocenters. The van der Waals surface area contributed by atoms with Gasteiger partial charge in [0.05, 0.1) is 12.4 Å². The Bertz CT molecular complexity index is 568. The fourth-order valence-corrected chi connectivity index (χ4v) is 6.56. The van der Waals surface area contributed by atoms with Crippen LogP contribution in [0.2, 0.25) is 13.1 Å². The summed E-state index contributed by atoms with van der Waals surface area (Å²) in [5, 5.41) is 2.90. The van der Waals surface area contributed by atoms with Crippen molar-refractivity contribution in [3.8, 4) is 0 Å². The zero-order valence-corrected chi connectivity index (χ0v) is 15.1. The van der Waals surface area contributed by atoms with E-state index in [0.29, 0.717) is 11.4 Å². The van der Waals surface area contributed by atoms with Crippen LogP contribution in [0.1, 0.15) is 25.7 Å². The van der Waals surface area contributed by atoms with Crippen LogP contribution in [0.5, 0.6) is 0 Å². The summed E-state index contributed by atoms with van der Waals surface area (Å²) in [4.78, 5) is 0. The van der Waals surface area contributed by atoms with Crippen molar-refractivity contribution in [3.05, 3.63) is 48.7 Å². The van der Waals surface area contributed by atoms with Crippen LogP contribution >= 0.6 is 11.8 Å². The highest BCUT2D eigenvalue weighted by Gasteiger charge is 2.34. The van der Waals surface area contributed by atoms with E-state index in [-0.39, 0.29) is 0 Å². The minimum Gasteiger partial charge on any atom is -0.458 e. The van der Waals surface area contributed by atoms with E-state index < -0.39 is 8.32 Å². The van der Waals surface area contributed by atoms with Gasteiger partial charge in [0.25, 0.3) is 0 Å². The summed E-state index contributed by atoms with van der Waals surface area (Å²) in [6.45, 7) is 4.62. The van der Waals surface area contributed by atoms with Gasteiger partial charge in [-0.3, -0.25) is 0 Å². The maximum atomic E-state index is 6.70. The molecule has 1 heterocycles. The van der Waals surface area contributed by atoms with E-state index >= 15 is 0 Å². The summed E-state index contributed by atoms with van der Waals surface area (Å²) >= 11 is 1.85. The molecule has 3 rings (SSSR count). The maximum Gasteiger partial charge on any atom is 0.218 e. The minimum atomic E-state index is -1.85. The van der Waals surface area contributed by atoms with Gasteiger partial charge < -0.3 is 8.84 Å². The van der Waals surface area contributed by atoms with Gasteiger partial charge >= 0.3 is 0 Å². The quantitative estimate of drug-likeness (QED) is 0.734. The Labute approximate surface area is 138 Å². The van der Waals surface area contributed by atoms with Gasteiger partial charge in [0, 0.05) is 5.25 Å². The van der Waals surface area contributed by atoms with Crippen LogP contribution in [0.25, 0.3) is 0 Å². The highest BCUT2D eigenvalue weighted by atomic mass is 32.2. The number of furan rings is 1. The van der Waals surface area contributed by atoms with Crippen molar-refractivity contribution in [2.75, 3.05) is 0 Å². The zero-order valence-electron chi connectivity index (χ0n) is 13.3. The molecule has 1 fully saturated rings. The molecule has 0 unspecified atom stereocenters. The molecule has 0 saturated heterocycles. The molecule has 2 nitrogen and oxygen atoms in total. The molecule has 0 aliphatic heterocycles. The monoisotopic (exact) mass is 332 g/mol. The standard InChI is InChI=1S/C18H24O2SSi/c1-22(2,15-9-4-3-5-10-15)20-16-11-6-7-12-17(16)21-18-13-8-14-19-18/h3-5,8-10,13-14,16-17H,6-7,11-12H2,1-2H3/t16-,17-/m1/s1. The van der Waals surface area contributed by atoms with Crippen LogP contribution < -0.4 is 5.19 Å². The van der Waals surface area contributed by atoms with Crippen molar-refractivity contribution in [1.29, 1.82) is 0 Å². The normalized spacial score (nSPS) is 22.6. The average molecular weight is 333 g/mol. The molecule has 118 valence electrons. The lowest BCUT2D eigenvalue weighted by atomic mass is 9.97. The third kappa shape index (κ3) is 3.86. The van der Waals surface area contributed by atoms with E-state index in [1.807, 2.05) is 17.8 Å². The molecule has 0 amide bonds. The first-order chi connectivity index (χ1) is 10.6. The highest BCUT2D eigenvalue weighted by molar-refractivity contribution is 7.99. The van der Waals surface area contributed by atoms with E-state index in [0.717, 1.165) is 5.09 Å². The molecule has 0 radical (unpaired) electrons. The molecular weight excluding hydrogens is 308 g/mol. The Balaban J connectivity index is 1.71. The molecule has 1 aliphatic rings. The number of rotatable bonds is 5. The van der Waals surface area contributed by atoms with Crippen LogP contribution in [0.4, 0.5) is 0 Å². The summed E-state index contributed by atoms with van der Waals surface area (Å²) in [6.07, 6.45) is 7.05. The van der Waals surface area contributed by atoms with Crippen molar-refractivity contribution >= 4 is 25.3 Å². The fourth-order valence-electron chi connectivity index (χ4n) is 3.10. The molecule has 22 heavy (non-hydrogen) atoms. The second-order valence-electron chi connectivity index (χ2n) is 6.41. The smallest absolute Gasteiger partial charge is 0.218 e. The fraction of sp³-hybridized carbons (Fsp3) is 0.444. The lowest BCUT2D eigenvalue weighted by Crippen LogP contribution is -2.50. The number of hydrogen-bond acceptors (Lipinski definition) is 3. The van der Waals surface area contributed by atoms with Gasteiger partial charge in [-0.2, -0.15) is 0 Å². The van der Waals surface area contributed by atoms with Gasteiger partial charge in [-0.25, -0.2) is 0 Å². The zero-order chi connectivity index (χ0) is 15.4. The van der Waals surface area contributed by atoms with Crippen molar-refractivity contribution in [3.63, 3.8) is 0 Å². The van der Waals surface area contributed by atoms with E-state index in [2.05, 4.69) is 49.5 Å². The largest absolute Gasteiger partial charge is 0.458 e. The predicted molar refractivity (Wildman–Crippen MR) is 95.3 cm³/mol. The second kappa shape index (κ2) is 7.07. The lowest BCUT2D eigenvalue weighted by molar-refractivity contribution is 0.156. The molecule has 1 aromatic heterocycles. The van der Waals surface area contributed by atoms with Crippen LogP contribution in [0, 0.1) is 0 Å². The van der Waals surface area contributed by atoms with Gasteiger partial charge in [0.1, 0.15) is 0 Å². The predicted octanol–water partition coefficient (Wildman–Crippen LogP) is 4.81. The van der Waals surface area contributed by atoms with Gasteiger partial charge in [-0.1, -0.05) is 54.9 Å². The van der Waals surface area contributed by atoms with Crippen molar-refractivity contribution in [2.45, 2.75) is 55.2 Å². The Hall–Kier alpha value is -0.973. The highest BCUT2D eigenvalue weighted by Crippen LogP contribution is 2.36. The summed E-state index contributed by atoms with van der Waals surface area (Å²) in [5.74, 6) is 0. The Morgan fingerprint density at radius 2 is 1.82 bits per heavy atom. The molecule has 0 bridgehead atoms. The molecule has 0 spiro atoms. The molecule has 1 saturated carbocycles. The Kier molecular flexibility index (Phi) is 5.11. The van der Waals surface area contributed by atoms with Crippen molar-refractivity contribution in [2.24, 2.45) is 0 Å². The minimum absolute atomic E-state index is 0.339. The van der Waals surface area contributed by atoms with E-state index in [1.54, 1.807) is 6.26 Å².